The van der Waals surface area contributed by atoms with E-state index in [1.54, 1.807) is 6.26 Å². The number of benzene rings is 1. The largest absolute Gasteiger partial charge is 0.507 e. The number of phenolic OH excluding ortho intramolecular Hbond substituents is 1. The van der Waals surface area contributed by atoms with Crippen molar-refractivity contribution >= 4 is 5.69 Å². The lowest BCUT2D eigenvalue weighted by molar-refractivity contribution is 0.467. The van der Waals surface area contributed by atoms with Gasteiger partial charge >= 0.3 is 0 Å². The predicted molar refractivity (Wildman–Crippen MR) is 73.1 cm³/mol. The van der Waals surface area contributed by atoms with E-state index in [0.717, 1.165) is 29.0 Å². The molecule has 0 radical (unpaired) electrons. The van der Waals surface area contributed by atoms with Gasteiger partial charge in [0.25, 0.3) is 0 Å². The Hall–Kier alpha value is -1.90. The number of aryl methyl sites for hydroxylation is 1. The maximum Gasteiger partial charge on any atom is 0.123 e. The lowest BCUT2D eigenvalue weighted by Crippen LogP contribution is -2.18. The molecular formula is C15H19NO2. The van der Waals surface area contributed by atoms with Crippen LogP contribution in [0.5, 0.6) is 5.75 Å². The Morgan fingerprint density at radius 2 is 2.06 bits per heavy atom. The normalized spacial score (nSPS) is 12.4. The fourth-order valence-electron chi connectivity index (χ4n) is 2.04. The Labute approximate surface area is 107 Å². The van der Waals surface area contributed by atoms with Gasteiger partial charge in [0.05, 0.1) is 6.26 Å². The van der Waals surface area contributed by atoms with Crippen LogP contribution < -0.4 is 5.32 Å². The van der Waals surface area contributed by atoms with E-state index in [9.17, 15) is 5.11 Å². The van der Waals surface area contributed by atoms with E-state index < -0.39 is 0 Å². The molecule has 2 aromatic rings. The van der Waals surface area contributed by atoms with Crippen molar-refractivity contribution in [1.82, 2.24) is 0 Å². The van der Waals surface area contributed by atoms with Gasteiger partial charge in [-0.25, -0.2) is 0 Å². The van der Waals surface area contributed by atoms with E-state index in [0.29, 0.717) is 5.75 Å². The number of aromatic hydroxyl groups is 1. The maximum absolute atomic E-state index is 9.90. The van der Waals surface area contributed by atoms with Crippen LogP contribution >= 0.6 is 0 Å². The SMILES string of the molecule is Cc1ccc(NC(C)Cc2ccco2)c(C)c1O. The smallest absolute Gasteiger partial charge is 0.123 e. The highest BCUT2D eigenvalue weighted by molar-refractivity contribution is 5.59. The quantitative estimate of drug-likeness (QED) is 0.864. The first-order valence-corrected chi connectivity index (χ1v) is 6.16. The lowest BCUT2D eigenvalue weighted by atomic mass is 10.1. The molecule has 3 nitrogen and oxygen atoms in total. The Kier molecular flexibility index (Phi) is 3.60. The molecule has 0 spiro atoms. The van der Waals surface area contributed by atoms with E-state index in [2.05, 4.69) is 12.2 Å². The molecule has 0 aliphatic rings. The van der Waals surface area contributed by atoms with Crippen molar-refractivity contribution in [3.05, 3.63) is 47.4 Å². The van der Waals surface area contributed by atoms with Crippen LogP contribution in [0.15, 0.2) is 34.9 Å². The monoisotopic (exact) mass is 245 g/mol. The summed E-state index contributed by atoms with van der Waals surface area (Å²) in [5, 5.41) is 13.3. The van der Waals surface area contributed by atoms with Gasteiger partial charge in [-0.3, -0.25) is 0 Å². The van der Waals surface area contributed by atoms with E-state index in [-0.39, 0.29) is 6.04 Å². The number of nitrogens with one attached hydrogen (secondary N) is 1. The molecule has 1 aromatic heterocycles. The van der Waals surface area contributed by atoms with E-state index in [4.69, 9.17) is 4.42 Å². The number of phenols is 1. The minimum Gasteiger partial charge on any atom is -0.507 e. The second-order valence-corrected chi connectivity index (χ2v) is 4.73. The van der Waals surface area contributed by atoms with E-state index in [1.165, 1.54) is 0 Å². The molecule has 2 N–H and O–H groups in total. The molecule has 2 rings (SSSR count). The third kappa shape index (κ3) is 2.67. The number of anilines is 1. The minimum atomic E-state index is 0.247. The molecule has 0 amide bonds. The van der Waals surface area contributed by atoms with E-state index in [1.807, 2.05) is 38.1 Å². The molecule has 1 aromatic carbocycles. The predicted octanol–water partition coefficient (Wildman–Crippen LogP) is 3.65. The third-order valence-corrected chi connectivity index (χ3v) is 3.12. The number of furan rings is 1. The Morgan fingerprint density at radius 1 is 1.28 bits per heavy atom. The average molecular weight is 245 g/mol. The zero-order valence-electron chi connectivity index (χ0n) is 11.0. The van der Waals surface area contributed by atoms with Crippen molar-refractivity contribution in [2.75, 3.05) is 5.32 Å². The summed E-state index contributed by atoms with van der Waals surface area (Å²) in [5.74, 6) is 1.33. The molecule has 0 bridgehead atoms. The molecule has 0 aliphatic heterocycles. The van der Waals surface area contributed by atoms with Crippen molar-refractivity contribution in [3.63, 3.8) is 0 Å². The summed E-state index contributed by atoms with van der Waals surface area (Å²) in [6.07, 6.45) is 2.51. The summed E-state index contributed by atoms with van der Waals surface area (Å²) in [7, 11) is 0. The Bertz CT molecular complexity index is 518. The molecule has 3 heteroatoms. The molecule has 1 atom stereocenters. The van der Waals surface area contributed by atoms with Crippen LogP contribution in [-0.4, -0.2) is 11.1 Å². The van der Waals surface area contributed by atoms with Crippen molar-refractivity contribution in [3.8, 4) is 5.75 Å². The molecule has 18 heavy (non-hydrogen) atoms. The zero-order chi connectivity index (χ0) is 13.1. The maximum atomic E-state index is 9.90. The molecular weight excluding hydrogens is 226 g/mol. The van der Waals surface area contributed by atoms with Crippen LogP contribution in [0.4, 0.5) is 5.69 Å². The second kappa shape index (κ2) is 5.17. The fourth-order valence-corrected chi connectivity index (χ4v) is 2.04. The highest BCUT2D eigenvalue weighted by Gasteiger charge is 2.10. The Balaban J connectivity index is 2.07. The van der Waals surface area contributed by atoms with E-state index >= 15 is 0 Å². The number of rotatable bonds is 4. The summed E-state index contributed by atoms with van der Waals surface area (Å²) in [6.45, 7) is 5.92. The van der Waals surface area contributed by atoms with Gasteiger partial charge in [-0.05, 0) is 44.5 Å². The zero-order valence-corrected chi connectivity index (χ0v) is 11.0. The van der Waals surface area contributed by atoms with Gasteiger partial charge in [0, 0.05) is 23.7 Å². The molecule has 0 saturated carbocycles. The van der Waals surface area contributed by atoms with Gasteiger partial charge in [0.1, 0.15) is 11.5 Å². The molecule has 0 saturated heterocycles. The second-order valence-electron chi connectivity index (χ2n) is 4.73. The molecule has 96 valence electrons. The van der Waals surface area contributed by atoms with Gasteiger partial charge < -0.3 is 14.8 Å². The first-order valence-electron chi connectivity index (χ1n) is 6.16. The van der Waals surface area contributed by atoms with Crippen LogP contribution in [-0.2, 0) is 6.42 Å². The van der Waals surface area contributed by atoms with Gasteiger partial charge in [0.15, 0.2) is 0 Å². The van der Waals surface area contributed by atoms with Crippen molar-refractivity contribution in [1.29, 1.82) is 0 Å². The summed E-state index contributed by atoms with van der Waals surface area (Å²) in [5.41, 5.74) is 2.76. The summed E-state index contributed by atoms with van der Waals surface area (Å²) in [4.78, 5) is 0. The highest BCUT2D eigenvalue weighted by atomic mass is 16.3. The molecule has 0 fully saturated rings. The molecule has 1 heterocycles. The van der Waals surface area contributed by atoms with Crippen LogP contribution in [0, 0.1) is 13.8 Å². The topological polar surface area (TPSA) is 45.4 Å². The minimum absolute atomic E-state index is 0.247. The summed E-state index contributed by atoms with van der Waals surface area (Å²) in [6, 6.07) is 8.03. The van der Waals surface area contributed by atoms with Crippen LogP contribution in [0.2, 0.25) is 0 Å². The standard InChI is InChI=1S/C15H19NO2/c1-10-6-7-14(12(3)15(10)17)16-11(2)9-13-5-4-8-18-13/h4-8,11,16-17H,9H2,1-3H3. The van der Waals surface area contributed by atoms with Gasteiger partial charge in [-0.1, -0.05) is 6.07 Å². The van der Waals surface area contributed by atoms with Crippen LogP contribution in [0.25, 0.3) is 0 Å². The third-order valence-electron chi connectivity index (χ3n) is 3.12. The summed E-state index contributed by atoms with van der Waals surface area (Å²) >= 11 is 0. The van der Waals surface area contributed by atoms with Gasteiger partial charge in [-0.2, -0.15) is 0 Å². The Morgan fingerprint density at radius 3 is 2.72 bits per heavy atom. The molecule has 1 unspecified atom stereocenters. The fraction of sp³-hybridized carbons (Fsp3) is 0.333. The average Bonchev–Trinajstić information content (AvgIpc) is 2.83. The van der Waals surface area contributed by atoms with Crippen molar-refractivity contribution < 1.29 is 9.52 Å². The van der Waals surface area contributed by atoms with Crippen molar-refractivity contribution in [2.45, 2.75) is 33.2 Å². The van der Waals surface area contributed by atoms with Crippen LogP contribution in [0.1, 0.15) is 23.8 Å². The first kappa shape index (κ1) is 12.6. The first-order chi connectivity index (χ1) is 8.58. The highest BCUT2D eigenvalue weighted by Crippen LogP contribution is 2.28. The number of hydrogen-bond donors (Lipinski definition) is 2. The molecule has 0 aliphatic carbocycles. The van der Waals surface area contributed by atoms with Crippen molar-refractivity contribution in [2.24, 2.45) is 0 Å². The number of hydrogen-bond acceptors (Lipinski definition) is 3. The summed E-state index contributed by atoms with van der Waals surface area (Å²) < 4.78 is 5.33. The van der Waals surface area contributed by atoms with Crippen LogP contribution in [0.3, 0.4) is 0 Å². The van der Waals surface area contributed by atoms with Gasteiger partial charge in [0.2, 0.25) is 0 Å². The lowest BCUT2D eigenvalue weighted by Gasteiger charge is -2.17. The van der Waals surface area contributed by atoms with Gasteiger partial charge in [-0.15, -0.1) is 0 Å².